The van der Waals surface area contributed by atoms with Crippen LogP contribution in [0.3, 0.4) is 0 Å². The van der Waals surface area contributed by atoms with E-state index in [2.05, 4.69) is 15.3 Å². The summed E-state index contributed by atoms with van der Waals surface area (Å²) in [4.78, 5) is 33.3. The molecule has 3 aromatic heterocycles. The first-order valence-corrected chi connectivity index (χ1v) is 7.21. The SMILES string of the molecule is C[C@H](NC(=O)c1cnc2sccn2c1=O)c1ccccn1. The number of nitrogens with one attached hydrogen (secondary N) is 1. The molecule has 6 nitrogen and oxygen atoms in total. The highest BCUT2D eigenvalue weighted by Gasteiger charge is 2.17. The van der Waals surface area contributed by atoms with Crippen LogP contribution < -0.4 is 10.9 Å². The fourth-order valence-electron chi connectivity index (χ4n) is 1.96. The Hall–Kier alpha value is -2.54. The Morgan fingerprint density at radius 1 is 1.38 bits per heavy atom. The van der Waals surface area contributed by atoms with E-state index >= 15 is 0 Å². The van der Waals surface area contributed by atoms with Crippen molar-refractivity contribution in [1.29, 1.82) is 0 Å². The van der Waals surface area contributed by atoms with Gasteiger partial charge in [0.1, 0.15) is 5.56 Å². The summed E-state index contributed by atoms with van der Waals surface area (Å²) in [6, 6.07) is 5.18. The highest BCUT2D eigenvalue weighted by molar-refractivity contribution is 7.15. The van der Waals surface area contributed by atoms with E-state index in [0.717, 1.165) is 5.69 Å². The van der Waals surface area contributed by atoms with Gasteiger partial charge in [0.05, 0.1) is 11.7 Å². The average molecular weight is 300 g/mol. The van der Waals surface area contributed by atoms with Crippen molar-refractivity contribution in [3.05, 3.63) is 63.8 Å². The summed E-state index contributed by atoms with van der Waals surface area (Å²) in [7, 11) is 0. The van der Waals surface area contributed by atoms with Gasteiger partial charge < -0.3 is 5.32 Å². The summed E-state index contributed by atoms with van der Waals surface area (Å²) in [5.74, 6) is -0.453. The average Bonchev–Trinajstić information content (AvgIpc) is 2.98. The third-order valence-corrected chi connectivity index (χ3v) is 3.84. The van der Waals surface area contributed by atoms with Crippen molar-refractivity contribution in [3.63, 3.8) is 0 Å². The summed E-state index contributed by atoms with van der Waals surface area (Å²) in [5, 5.41) is 4.51. The molecule has 0 radical (unpaired) electrons. The van der Waals surface area contributed by atoms with Gasteiger partial charge in [-0.3, -0.25) is 19.0 Å². The maximum Gasteiger partial charge on any atom is 0.271 e. The number of hydrogen-bond donors (Lipinski definition) is 1. The van der Waals surface area contributed by atoms with Crippen molar-refractivity contribution < 1.29 is 4.79 Å². The van der Waals surface area contributed by atoms with Gasteiger partial charge in [-0.1, -0.05) is 6.07 Å². The van der Waals surface area contributed by atoms with Gasteiger partial charge in [-0.25, -0.2) is 4.98 Å². The zero-order chi connectivity index (χ0) is 14.8. The standard InChI is InChI=1S/C14H12N4O2S/c1-9(11-4-2-3-5-15-11)17-12(19)10-8-16-14-18(13(10)20)6-7-21-14/h2-9H,1H3,(H,17,19)/t9-/m0/s1. The molecular weight excluding hydrogens is 288 g/mol. The van der Waals surface area contributed by atoms with Gasteiger partial charge in [0.2, 0.25) is 0 Å². The second kappa shape index (κ2) is 5.45. The molecule has 0 fully saturated rings. The minimum atomic E-state index is -0.453. The highest BCUT2D eigenvalue weighted by atomic mass is 32.1. The van der Waals surface area contributed by atoms with Gasteiger partial charge in [0, 0.05) is 24.0 Å². The molecule has 0 saturated heterocycles. The molecule has 0 aliphatic carbocycles. The highest BCUT2D eigenvalue weighted by Crippen LogP contribution is 2.09. The lowest BCUT2D eigenvalue weighted by Crippen LogP contribution is -2.33. The number of pyridine rings is 1. The maximum absolute atomic E-state index is 12.2. The molecule has 0 aliphatic heterocycles. The van der Waals surface area contributed by atoms with Crippen molar-refractivity contribution in [2.24, 2.45) is 0 Å². The van der Waals surface area contributed by atoms with Crippen LogP contribution in [-0.4, -0.2) is 20.3 Å². The van der Waals surface area contributed by atoms with E-state index in [0.29, 0.717) is 4.96 Å². The van der Waals surface area contributed by atoms with Crippen LogP contribution in [0.1, 0.15) is 29.0 Å². The lowest BCUT2D eigenvalue weighted by molar-refractivity contribution is 0.0937. The molecule has 0 spiro atoms. The number of hydrogen-bond acceptors (Lipinski definition) is 5. The van der Waals surface area contributed by atoms with E-state index in [1.165, 1.54) is 21.9 Å². The Bertz CT molecular complexity index is 841. The maximum atomic E-state index is 12.2. The van der Waals surface area contributed by atoms with Crippen LogP contribution in [0.25, 0.3) is 4.96 Å². The predicted octanol–water partition coefficient (Wildman–Crippen LogP) is 1.64. The third kappa shape index (κ3) is 2.55. The molecule has 3 rings (SSSR count). The number of rotatable bonds is 3. The fourth-order valence-corrected chi connectivity index (χ4v) is 2.64. The van der Waals surface area contributed by atoms with Crippen LogP contribution in [0.2, 0.25) is 0 Å². The van der Waals surface area contributed by atoms with Gasteiger partial charge >= 0.3 is 0 Å². The summed E-state index contributed by atoms with van der Waals surface area (Å²) in [5.41, 5.74) is 0.385. The molecule has 3 aromatic rings. The van der Waals surface area contributed by atoms with Crippen LogP contribution in [0.4, 0.5) is 0 Å². The summed E-state index contributed by atoms with van der Waals surface area (Å²) < 4.78 is 1.37. The zero-order valence-corrected chi connectivity index (χ0v) is 12.0. The molecule has 0 saturated carbocycles. The fraction of sp³-hybridized carbons (Fsp3) is 0.143. The number of carbonyl (C=O) groups is 1. The molecule has 3 heterocycles. The third-order valence-electron chi connectivity index (χ3n) is 3.07. The first kappa shape index (κ1) is 13.4. The largest absolute Gasteiger partial charge is 0.344 e. The molecule has 0 aliphatic rings. The Morgan fingerprint density at radius 3 is 3.00 bits per heavy atom. The molecule has 0 bridgehead atoms. The normalized spacial score (nSPS) is 12.2. The molecule has 21 heavy (non-hydrogen) atoms. The van der Waals surface area contributed by atoms with Crippen LogP contribution in [0, 0.1) is 0 Å². The monoisotopic (exact) mass is 300 g/mol. The lowest BCUT2D eigenvalue weighted by Gasteiger charge is -2.12. The number of aromatic nitrogens is 3. The van der Waals surface area contributed by atoms with Gasteiger partial charge in [-0.15, -0.1) is 11.3 Å². The van der Waals surface area contributed by atoms with E-state index in [9.17, 15) is 9.59 Å². The summed E-state index contributed by atoms with van der Waals surface area (Å²) in [6.45, 7) is 1.81. The van der Waals surface area contributed by atoms with E-state index in [-0.39, 0.29) is 17.2 Å². The van der Waals surface area contributed by atoms with Crippen molar-refractivity contribution in [2.75, 3.05) is 0 Å². The second-order valence-corrected chi connectivity index (χ2v) is 5.36. The summed E-state index contributed by atoms with van der Waals surface area (Å²) in [6.07, 6.45) is 4.58. The Kier molecular flexibility index (Phi) is 3.49. The van der Waals surface area contributed by atoms with Crippen LogP contribution in [0.5, 0.6) is 0 Å². The predicted molar refractivity (Wildman–Crippen MR) is 79.5 cm³/mol. The molecule has 7 heteroatoms. The van der Waals surface area contributed by atoms with E-state index in [1.54, 1.807) is 23.8 Å². The lowest BCUT2D eigenvalue weighted by atomic mass is 10.2. The Labute approximate surface area is 124 Å². The molecule has 0 aromatic carbocycles. The number of thiazole rings is 1. The molecule has 1 N–H and O–H groups in total. The van der Waals surface area contributed by atoms with Crippen LogP contribution >= 0.6 is 11.3 Å². The zero-order valence-electron chi connectivity index (χ0n) is 11.2. The first-order valence-electron chi connectivity index (χ1n) is 6.33. The molecule has 106 valence electrons. The van der Waals surface area contributed by atoms with Gasteiger partial charge in [0.15, 0.2) is 4.96 Å². The topological polar surface area (TPSA) is 76.4 Å². The van der Waals surface area contributed by atoms with Gasteiger partial charge in [-0.2, -0.15) is 0 Å². The van der Waals surface area contributed by atoms with E-state index in [4.69, 9.17) is 0 Å². The smallest absolute Gasteiger partial charge is 0.271 e. The second-order valence-electron chi connectivity index (χ2n) is 4.48. The first-order chi connectivity index (χ1) is 10.2. The summed E-state index contributed by atoms with van der Waals surface area (Å²) >= 11 is 1.34. The van der Waals surface area contributed by atoms with Crippen molar-refractivity contribution >= 4 is 22.2 Å². The van der Waals surface area contributed by atoms with Crippen molar-refractivity contribution in [2.45, 2.75) is 13.0 Å². The molecular formula is C14H12N4O2S. The van der Waals surface area contributed by atoms with E-state index in [1.807, 2.05) is 19.1 Å². The van der Waals surface area contributed by atoms with Crippen molar-refractivity contribution in [1.82, 2.24) is 19.7 Å². The quantitative estimate of drug-likeness (QED) is 0.798. The van der Waals surface area contributed by atoms with Crippen LogP contribution in [-0.2, 0) is 0 Å². The minimum absolute atomic E-state index is 0.0219. The Balaban J connectivity index is 1.87. The minimum Gasteiger partial charge on any atom is -0.344 e. The van der Waals surface area contributed by atoms with E-state index < -0.39 is 5.91 Å². The molecule has 1 amide bonds. The van der Waals surface area contributed by atoms with Crippen molar-refractivity contribution in [3.8, 4) is 0 Å². The van der Waals surface area contributed by atoms with Gasteiger partial charge in [0.25, 0.3) is 11.5 Å². The van der Waals surface area contributed by atoms with Gasteiger partial charge in [-0.05, 0) is 19.1 Å². The van der Waals surface area contributed by atoms with Crippen LogP contribution in [0.15, 0.2) is 47.0 Å². The number of nitrogens with zero attached hydrogens (tertiary/aromatic N) is 3. The number of carbonyl (C=O) groups excluding carboxylic acids is 1. The number of amides is 1. The number of fused-ring (bicyclic) bond motifs is 1. The molecule has 0 unspecified atom stereocenters. The Morgan fingerprint density at radius 2 is 2.24 bits per heavy atom. The molecule has 1 atom stereocenters.